The molecule has 0 aromatic heterocycles. The van der Waals surface area contributed by atoms with E-state index in [4.69, 9.17) is 27.4 Å². The van der Waals surface area contributed by atoms with Crippen molar-refractivity contribution in [1.82, 2.24) is 0 Å². The van der Waals surface area contributed by atoms with Gasteiger partial charge in [0.2, 0.25) is 0 Å². The molecule has 1 aromatic rings. The van der Waals surface area contributed by atoms with Crippen LogP contribution >= 0.6 is 12.2 Å². The molecule has 21 heavy (non-hydrogen) atoms. The van der Waals surface area contributed by atoms with Crippen molar-refractivity contribution < 1.29 is 9.47 Å². The minimum atomic E-state index is 0.363. The molecule has 0 radical (unpaired) electrons. The highest BCUT2D eigenvalue weighted by Gasteiger charge is 2.21. The molecule has 116 valence electrons. The zero-order valence-electron chi connectivity index (χ0n) is 12.9. The Hall–Kier alpha value is -1.13. The number of benzene rings is 1. The SMILES string of the molecule is CCC1CCCC(OCc2cc(C(N)=S)ccc2OC)C1. The van der Waals surface area contributed by atoms with Crippen LogP contribution in [0.4, 0.5) is 0 Å². The Morgan fingerprint density at radius 2 is 2.19 bits per heavy atom. The second kappa shape index (κ2) is 7.76. The summed E-state index contributed by atoms with van der Waals surface area (Å²) in [5.74, 6) is 1.64. The Kier molecular flexibility index (Phi) is 6.00. The number of thiocarbonyl (C=S) groups is 1. The summed E-state index contributed by atoms with van der Waals surface area (Å²) >= 11 is 5.04. The monoisotopic (exact) mass is 307 g/mol. The zero-order chi connectivity index (χ0) is 15.2. The summed E-state index contributed by atoms with van der Waals surface area (Å²) in [6, 6.07) is 5.77. The van der Waals surface area contributed by atoms with Crippen LogP contribution in [0.25, 0.3) is 0 Å². The van der Waals surface area contributed by atoms with E-state index < -0.39 is 0 Å². The second-order valence-corrected chi connectivity index (χ2v) is 6.20. The van der Waals surface area contributed by atoms with Gasteiger partial charge in [-0.1, -0.05) is 38.4 Å². The van der Waals surface area contributed by atoms with Crippen molar-refractivity contribution in [2.24, 2.45) is 11.7 Å². The van der Waals surface area contributed by atoms with Gasteiger partial charge in [-0.2, -0.15) is 0 Å². The first-order valence-corrected chi connectivity index (χ1v) is 8.13. The van der Waals surface area contributed by atoms with Gasteiger partial charge in [-0.3, -0.25) is 0 Å². The van der Waals surface area contributed by atoms with E-state index in [-0.39, 0.29) is 0 Å². The van der Waals surface area contributed by atoms with Crippen LogP contribution in [0.15, 0.2) is 18.2 Å². The molecule has 1 aromatic carbocycles. The number of ether oxygens (including phenoxy) is 2. The molecule has 1 aliphatic carbocycles. The predicted molar refractivity (Wildman–Crippen MR) is 89.7 cm³/mol. The van der Waals surface area contributed by atoms with Crippen LogP contribution in [-0.4, -0.2) is 18.2 Å². The Labute approximate surface area is 132 Å². The van der Waals surface area contributed by atoms with Gasteiger partial charge < -0.3 is 15.2 Å². The van der Waals surface area contributed by atoms with Gasteiger partial charge in [0.25, 0.3) is 0 Å². The van der Waals surface area contributed by atoms with E-state index in [0.29, 0.717) is 17.7 Å². The first-order valence-electron chi connectivity index (χ1n) is 7.72. The third-order valence-electron chi connectivity index (χ3n) is 4.35. The molecule has 1 aliphatic rings. The summed E-state index contributed by atoms with van der Waals surface area (Å²) in [6.07, 6.45) is 6.56. The van der Waals surface area contributed by atoms with Gasteiger partial charge in [-0.25, -0.2) is 0 Å². The van der Waals surface area contributed by atoms with Crippen molar-refractivity contribution >= 4 is 17.2 Å². The molecule has 1 fully saturated rings. The van der Waals surface area contributed by atoms with Gasteiger partial charge in [0, 0.05) is 11.1 Å². The highest BCUT2D eigenvalue weighted by molar-refractivity contribution is 7.80. The summed E-state index contributed by atoms with van der Waals surface area (Å²) in [6.45, 7) is 2.82. The summed E-state index contributed by atoms with van der Waals surface area (Å²) in [5.41, 5.74) is 7.57. The quantitative estimate of drug-likeness (QED) is 0.812. The molecule has 2 unspecified atom stereocenters. The molecule has 2 N–H and O–H groups in total. The van der Waals surface area contributed by atoms with Crippen molar-refractivity contribution in [3.8, 4) is 5.75 Å². The van der Waals surface area contributed by atoms with Gasteiger partial charge in [-0.05, 0) is 37.0 Å². The van der Waals surface area contributed by atoms with Crippen LogP contribution in [0, 0.1) is 5.92 Å². The Morgan fingerprint density at radius 1 is 1.38 bits per heavy atom. The standard InChI is InChI=1S/C17H25NO2S/c1-3-12-5-4-6-15(9-12)20-11-14-10-13(17(18)21)7-8-16(14)19-2/h7-8,10,12,15H,3-6,9,11H2,1-2H3,(H2,18,21). The van der Waals surface area contributed by atoms with Gasteiger partial charge in [-0.15, -0.1) is 0 Å². The summed E-state index contributed by atoms with van der Waals surface area (Å²) in [4.78, 5) is 0.405. The summed E-state index contributed by atoms with van der Waals surface area (Å²) in [5, 5.41) is 0. The minimum absolute atomic E-state index is 0.363. The Morgan fingerprint density at radius 3 is 2.86 bits per heavy atom. The maximum absolute atomic E-state index is 6.11. The van der Waals surface area contributed by atoms with Crippen molar-refractivity contribution in [3.05, 3.63) is 29.3 Å². The fourth-order valence-corrected chi connectivity index (χ4v) is 3.14. The number of methoxy groups -OCH3 is 1. The van der Waals surface area contributed by atoms with Gasteiger partial charge in [0.05, 0.1) is 19.8 Å². The Balaban J connectivity index is 2.01. The third kappa shape index (κ3) is 4.42. The van der Waals surface area contributed by atoms with E-state index in [2.05, 4.69) is 6.92 Å². The van der Waals surface area contributed by atoms with Crippen molar-refractivity contribution in [3.63, 3.8) is 0 Å². The zero-order valence-corrected chi connectivity index (χ0v) is 13.7. The normalized spacial score (nSPS) is 22.0. The van der Waals surface area contributed by atoms with Gasteiger partial charge in [0.1, 0.15) is 10.7 Å². The lowest BCUT2D eigenvalue weighted by Gasteiger charge is -2.28. The van der Waals surface area contributed by atoms with Crippen molar-refractivity contribution in [2.45, 2.75) is 51.7 Å². The molecule has 2 rings (SSSR count). The Bertz CT molecular complexity index is 490. The van der Waals surface area contributed by atoms with Crippen molar-refractivity contribution in [2.75, 3.05) is 7.11 Å². The lowest BCUT2D eigenvalue weighted by Crippen LogP contribution is -2.22. The third-order valence-corrected chi connectivity index (χ3v) is 4.59. The molecule has 1 saturated carbocycles. The van der Waals surface area contributed by atoms with Gasteiger partial charge >= 0.3 is 0 Å². The van der Waals surface area contributed by atoms with Gasteiger partial charge in [0.15, 0.2) is 0 Å². The number of hydrogen-bond acceptors (Lipinski definition) is 3. The fourth-order valence-electron chi connectivity index (χ4n) is 3.02. The molecule has 2 atom stereocenters. The summed E-state index contributed by atoms with van der Waals surface area (Å²) in [7, 11) is 1.67. The number of rotatable bonds is 6. The van der Waals surface area contributed by atoms with E-state index >= 15 is 0 Å². The van der Waals surface area contributed by atoms with Crippen LogP contribution in [0.5, 0.6) is 5.75 Å². The van der Waals surface area contributed by atoms with E-state index in [0.717, 1.165) is 29.2 Å². The van der Waals surface area contributed by atoms with Crippen LogP contribution in [0.3, 0.4) is 0 Å². The van der Waals surface area contributed by atoms with Crippen LogP contribution in [0.2, 0.25) is 0 Å². The summed E-state index contributed by atoms with van der Waals surface area (Å²) < 4.78 is 11.5. The molecule has 0 aliphatic heterocycles. The molecule has 0 saturated heterocycles. The van der Waals surface area contributed by atoms with E-state index in [1.54, 1.807) is 7.11 Å². The second-order valence-electron chi connectivity index (χ2n) is 5.76. The molecule has 0 amide bonds. The highest BCUT2D eigenvalue weighted by atomic mass is 32.1. The van der Waals surface area contributed by atoms with E-state index in [1.807, 2.05) is 18.2 Å². The van der Waals surface area contributed by atoms with E-state index in [9.17, 15) is 0 Å². The van der Waals surface area contributed by atoms with Crippen LogP contribution < -0.4 is 10.5 Å². The maximum atomic E-state index is 6.11. The molecule has 4 heteroatoms. The minimum Gasteiger partial charge on any atom is -0.496 e. The van der Waals surface area contributed by atoms with Crippen LogP contribution in [0.1, 0.15) is 50.2 Å². The molecular formula is C17H25NO2S. The smallest absolute Gasteiger partial charge is 0.124 e. The topological polar surface area (TPSA) is 44.5 Å². The maximum Gasteiger partial charge on any atom is 0.124 e. The van der Waals surface area contributed by atoms with E-state index in [1.165, 1.54) is 25.7 Å². The fraction of sp³-hybridized carbons (Fsp3) is 0.588. The average molecular weight is 307 g/mol. The molecular weight excluding hydrogens is 282 g/mol. The largest absolute Gasteiger partial charge is 0.496 e. The highest BCUT2D eigenvalue weighted by Crippen LogP contribution is 2.30. The van der Waals surface area contributed by atoms with Crippen molar-refractivity contribution in [1.29, 1.82) is 0 Å². The first-order chi connectivity index (χ1) is 10.1. The molecule has 3 nitrogen and oxygen atoms in total. The van der Waals surface area contributed by atoms with Crippen LogP contribution in [-0.2, 0) is 11.3 Å². The first kappa shape index (κ1) is 16.2. The lowest BCUT2D eigenvalue weighted by atomic mass is 9.85. The molecule has 0 spiro atoms. The lowest BCUT2D eigenvalue weighted by molar-refractivity contribution is 0.00107. The number of nitrogens with two attached hydrogens (primary N) is 1. The molecule has 0 heterocycles. The molecule has 0 bridgehead atoms. The predicted octanol–water partition coefficient (Wildman–Crippen LogP) is 3.81. The number of hydrogen-bond donors (Lipinski definition) is 1. The average Bonchev–Trinajstić information content (AvgIpc) is 2.52.